The average Bonchev–Trinajstić information content (AvgIpc) is 3.23. The number of rotatable bonds is 4. The van der Waals surface area contributed by atoms with E-state index in [-0.39, 0.29) is 5.91 Å². The number of amides is 1. The number of nitrogens with zero attached hydrogens (tertiary/aromatic N) is 1. The Morgan fingerprint density at radius 3 is 2.84 bits per heavy atom. The summed E-state index contributed by atoms with van der Waals surface area (Å²) in [7, 11) is 0. The highest BCUT2D eigenvalue weighted by Crippen LogP contribution is 2.30. The lowest BCUT2D eigenvalue weighted by molar-refractivity contribution is -0.115. The quantitative estimate of drug-likeness (QED) is 0.558. The van der Waals surface area contributed by atoms with Gasteiger partial charge in [0.05, 0.1) is 12.1 Å². The molecule has 4 rings (SSSR count). The maximum Gasteiger partial charge on any atom is 0.230 e. The van der Waals surface area contributed by atoms with Crippen LogP contribution in [0.15, 0.2) is 60.1 Å². The second kappa shape index (κ2) is 6.53. The van der Waals surface area contributed by atoms with E-state index in [1.54, 1.807) is 0 Å². The largest absolute Gasteiger partial charge is 0.360 e. The third kappa shape index (κ3) is 3.19. The van der Waals surface area contributed by atoms with Crippen molar-refractivity contribution in [1.82, 2.24) is 9.97 Å². The number of aromatic nitrogens is 2. The van der Waals surface area contributed by atoms with Crippen molar-refractivity contribution in [2.75, 3.05) is 5.32 Å². The summed E-state index contributed by atoms with van der Waals surface area (Å²) in [5.41, 5.74) is 5.15. The normalized spacial score (nSPS) is 10.9. The standard InChI is InChI=1S/C20H17N3OS/c1-13-6-2-3-7-14(13)10-19(24)23-20-22-18(12-25-20)16-11-21-17-9-5-4-8-15(16)17/h2-9,11-12,21H,10H2,1H3,(H,22,23,24). The Morgan fingerprint density at radius 1 is 1.16 bits per heavy atom. The van der Waals surface area contributed by atoms with Crippen LogP contribution < -0.4 is 5.32 Å². The van der Waals surface area contributed by atoms with E-state index in [9.17, 15) is 4.79 Å². The van der Waals surface area contributed by atoms with Crippen molar-refractivity contribution in [3.05, 3.63) is 71.2 Å². The minimum atomic E-state index is -0.0471. The first-order chi connectivity index (χ1) is 12.2. The van der Waals surface area contributed by atoms with E-state index in [1.807, 2.05) is 61.0 Å². The van der Waals surface area contributed by atoms with Crippen LogP contribution in [0.2, 0.25) is 0 Å². The number of carbonyl (C=O) groups excluding carboxylic acids is 1. The fraction of sp³-hybridized carbons (Fsp3) is 0.100. The number of aromatic amines is 1. The fourth-order valence-corrected chi connectivity index (χ4v) is 3.61. The van der Waals surface area contributed by atoms with Crippen molar-refractivity contribution in [3.8, 4) is 11.3 Å². The van der Waals surface area contributed by atoms with Gasteiger partial charge in [0.25, 0.3) is 0 Å². The highest BCUT2D eigenvalue weighted by atomic mass is 32.1. The third-order valence-electron chi connectivity index (χ3n) is 4.23. The summed E-state index contributed by atoms with van der Waals surface area (Å²) < 4.78 is 0. The van der Waals surface area contributed by atoms with Crippen LogP contribution in [0.1, 0.15) is 11.1 Å². The SMILES string of the molecule is Cc1ccccc1CC(=O)Nc1nc(-c2c[nH]c3ccccc23)cs1. The number of nitrogens with one attached hydrogen (secondary N) is 2. The number of anilines is 1. The highest BCUT2D eigenvalue weighted by molar-refractivity contribution is 7.14. The number of carbonyl (C=O) groups is 1. The minimum absolute atomic E-state index is 0.0471. The van der Waals surface area contributed by atoms with Gasteiger partial charge in [-0.1, -0.05) is 42.5 Å². The zero-order valence-corrected chi connectivity index (χ0v) is 14.6. The van der Waals surface area contributed by atoms with Crippen LogP contribution in [0.4, 0.5) is 5.13 Å². The molecule has 0 aliphatic rings. The molecule has 124 valence electrons. The van der Waals surface area contributed by atoms with Crippen LogP contribution in [0, 0.1) is 6.92 Å². The fourth-order valence-electron chi connectivity index (χ4n) is 2.88. The second-order valence-corrected chi connectivity index (χ2v) is 6.80. The van der Waals surface area contributed by atoms with E-state index < -0.39 is 0 Å². The number of para-hydroxylation sites is 1. The summed E-state index contributed by atoms with van der Waals surface area (Å²) >= 11 is 1.44. The van der Waals surface area contributed by atoms with Crippen LogP contribution in [-0.4, -0.2) is 15.9 Å². The number of fused-ring (bicyclic) bond motifs is 1. The number of hydrogen-bond acceptors (Lipinski definition) is 3. The number of hydrogen-bond donors (Lipinski definition) is 2. The summed E-state index contributed by atoms with van der Waals surface area (Å²) in [5.74, 6) is -0.0471. The molecule has 25 heavy (non-hydrogen) atoms. The van der Waals surface area contributed by atoms with Gasteiger partial charge in [-0.05, 0) is 24.1 Å². The van der Waals surface area contributed by atoms with Crippen molar-refractivity contribution >= 4 is 33.3 Å². The smallest absolute Gasteiger partial charge is 0.230 e. The first-order valence-electron chi connectivity index (χ1n) is 8.07. The molecule has 5 heteroatoms. The Bertz CT molecular complexity index is 1050. The van der Waals surface area contributed by atoms with E-state index in [2.05, 4.69) is 21.4 Å². The monoisotopic (exact) mass is 347 g/mol. The molecule has 0 atom stereocenters. The number of thiazole rings is 1. The number of aryl methyl sites for hydroxylation is 1. The first kappa shape index (κ1) is 15.6. The molecule has 2 heterocycles. The van der Waals surface area contributed by atoms with Crippen LogP contribution in [-0.2, 0) is 11.2 Å². The number of H-pyrrole nitrogens is 1. The lowest BCUT2D eigenvalue weighted by Crippen LogP contribution is -2.14. The van der Waals surface area contributed by atoms with Crippen molar-refractivity contribution < 1.29 is 4.79 Å². The molecule has 2 aromatic heterocycles. The van der Waals surface area contributed by atoms with Crippen LogP contribution >= 0.6 is 11.3 Å². The molecule has 4 nitrogen and oxygen atoms in total. The van der Waals surface area contributed by atoms with Gasteiger partial charge in [-0.2, -0.15) is 0 Å². The summed E-state index contributed by atoms with van der Waals surface area (Å²) in [4.78, 5) is 20.1. The highest BCUT2D eigenvalue weighted by Gasteiger charge is 2.12. The van der Waals surface area contributed by atoms with Crippen LogP contribution in [0.3, 0.4) is 0 Å². The molecule has 0 unspecified atom stereocenters. The molecule has 0 fully saturated rings. The molecule has 0 bridgehead atoms. The summed E-state index contributed by atoms with van der Waals surface area (Å²) in [6.45, 7) is 2.02. The van der Waals surface area contributed by atoms with Gasteiger partial charge in [0.2, 0.25) is 5.91 Å². The molecule has 2 N–H and O–H groups in total. The Kier molecular flexibility index (Phi) is 4.07. The van der Waals surface area contributed by atoms with Crippen LogP contribution in [0.5, 0.6) is 0 Å². The van der Waals surface area contributed by atoms with E-state index in [0.717, 1.165) is 33.3 Å². The van der Waals surface area contributed by atoms with Crippen molar-refractivity contribution in [1.29, 1.82) is 0 Å². The summed E-state index contributed by atoms with van der Waals surface area (Å²) in [5, 5.41) is 6.63. The molecule has 0 saturated carbocycles. The van der Waals surface area contributed by atoms with E-state index in [0.29, 0.717) is 11.6 Å². The molecular formula is C20H17N3OS. The van der Waals surface area contributed by atoms with Crippen molar-refractivity contribution in [3.63, 3.8) is 0 Å². The third-order valence-corrected chi connectivity index (χ3v) is 4.99. The Balaban J connectivity index is 1.52. The molecule has 1 amide bonds. The minimum Gasteiger partial charge on any atom is -0.360 e. The van der Waals surface area contributed by atoms with Gasteiger partial charge in [0.1, 0.15) is 0 Å². The van der Waals surface area contributed by atoms with Crippen molar-refractivity contribution in [2.24, 2.45) is 0 Å². The molecule has 0 spiro atoms. The van der Waals surface area contributed by atoms with Gasteiger partial charge in [-0.15, -0.1) is 11.3 Å². The maximum absolute atomic E-state index is 12.3. The van der Waals surface area contributed by atoms with Gasteiger partial charge >= 0.3 is 0 Å². The van der Waals surface area contributed by atoms with Gasteiger partial charge in [0.15, 0.2) is 5.13 Å². The molecule has 0 aliphatic carbocycles. The molecule has 0 saturated heterocycles. The lowest BCUT2D eigenvalue weighted by atomic mass is 10.1. The predicted octanol–water partition coefficient (Wildman–Crippen LogP) is 4.78. The summed E-state index contributed by atoms with van der Waals surface area (Å²) in [6, 6.07) is 16.0. The Morgan fingerprint density at radius 2 is 1.96 bits per heavy atom. The lowest BCUT2D eigenvalue weighted by Gasteiger charge is -2.05. The first-order valence-corrected chi connectivity index (χ1v) is 8.95. The molecular weight excluding hydrogens is 330 g/mol. The topological polar surface area (TPSA) is 57.8 Å². The van der Waals surface area contributed by atoms with E-state index in [4.69, 9.17) is 0 Å². The Hall–Kier alpha value is -2.92. The van der Waals surface area contributed by atoms with Gasteiger partial charge < -0.3 is 10.3 Å². The predicted molar refractivity (Wildman–Crippen MR) is 103 cm³/mol. The number of benzene rings is 2. The van der Waals surface area contributed by atoms with E-state index >= 15 is 0 Å². The van der Waals surface area contributed by atoms with Gasteiger partial charge in [0, 0.05) is 28.0 Å². The molecule has 0 radical (unpaired) electrons. The summed E-state index contributed by atoms with van der Waals surface area (Å²) in [6.07, 6.45) is 2.31. The van der Waals surface area contributed by atoms with Gasteiger partial charge in [-0.25, -0.2) is 4.98 Å². The second-order valence-electron chi connectivity index (χ2n) is 5.94. The molecule has 2 aromatic carbocycles. The van der Waals surface area contributed by atoms with Gasteiger partial charge in [-0.3, -0.25) is 4.79 Å². The van der Waals surface area contributed by atoms with Crippen LogP contribution in [0.25, 0.3) is 22.2 Å². The van der Waals surface area contributed by atoms with Crippen molar-refractivity contribution in [2.45, 2.75) is 13.3 Å². The Labute approximate surface area is 149 Å². The molecule has 4 aromatic rings. The average molecular weight is 347 g/mol. The zero-order valence-electron chi connectivity index (χ0n) is 13.7. The molecule has 0 aliphatic heterocycles. The zero-order chi connectivity index (χ0) is 17.2. The maximum atomic E-state index is 12.3. The van der Waals surface area contributed by atoms with E-state index in [1.165, 1.54) is 11.3 Å².